The molecule has 1 aliphatic rings. The number of hydrogen-bond acceptors (Lipinski definition) is 10. The van der Waals surface area contributed by atoms with Gasteiger partial charge in [0, 0.05) is 50.7 Å². The lowest BCUT2D eigenvalue weighted by Crippen LogP contribution is -2.44. The molecule has 0 unspecified atom stereocenters. The van der Waals surface area contributed by atoms with E-state index in [0.29, 0.717) is 48.5 Å². The molecule has 2 aromatic rings. The predicted molar refractivity (Wildman–Crippen MR) is 144 cm³/mol. The Kier molecular flexibility index (Phi) is 13.4. The van der Waals surface area contributed by atoms with Crippen LogP contribution in [0.4, 0.5) is 11.4 Å². The van der Waals surface area contributed by atoms with E-state index in [0.717, 1.165) is 39.1 Å². The lowest BCUT2D eigenvalue weighted by Gasteiger charge is -2.32. The second kappa shape index (κ2) is 16.5. The molecule has 0 atom stereocenters. The van der Waals surface area contributed by atoms with E-state index in [4.69, 9.17) is 30.5 Å². The predicted octanol–water partition coefficient (Wildman–Crippen LogP) is 4.23. The number of piperazine rings is 1. The summed E-state index contributed by atoms with van der Waals surface area (Å²) in [6.07, 6.45) is 1.56. The molecule has 38 heavy (non-hydrogen) atoms. The molecule has 0 spiro atoms. The minimum atomic E-state index is -0.478. The van der Waals surface area contributed by atoms with Gasteiger partial charge in [-0.3, -0.25) is 20.2 Å². The van der Waals surface area contributed by atoms with E-state index in [1.54, 1.807) is 6.07 Å². The molecule has 0 amide bonds. The average molecular weight is 555 g/mol. The van der Waals surface area contributed by atoms with Gasteiger partial charge in [0.2, 0.25) is 0 Å². The number of nitro benzene ring substituents is 2. The Balaban J connectivity index is 0.000000281. The van der Waals surface area contributed by atoms with Crippen LogP contribution in [0.25, 0.3) is 0 Å². The fourth-order valence-electron chi connectivity index (χ4n) is 3.56. The van der Waals surface area contributed by atoms with Crippen LogP contribution in [0.2, 0.25) is 0 Å². The maximum Gasteiger partial charge on any atom is 0.273 e. The van der Waals surface area contributed by atoms with Crippen molar-refractivity contribution in [1.82, 2.24) is 9.80 Å². The van der Waals surface area contributed by atoms with Crippen molar-refractivity contribution in [2.45, 2.75) is 12.8 Å². The van der Waals surface area contributed by atoms with E-state index in [-0.39, 0.29) is 11.4 Å². The van der Waals surface area contributed by atoms with E-state index in [9.17, 15) is 20.2 Å². The molecule has 2 aromatic carbocycles. The molecule has 0 aromatic heterocycles. The van der Waals surface area contributed by atoms with Crippen molar-refractivity contribution >= 4 is 23.0 Å². The molecule has 12 nitrogen and oxygen atoms in total. The molecular weight excluding hydrogens is 520 g/mol. The first-order chi connectivity index (χ1) is 18.3. The third kappa shape index (κ3) is 10.2. The van der Waals surface area contributed by atoms with Gasteiger partial charge in [-0.25, -0.2) is 0 Å². The molecule has 1 aliphatic heterocycles. The Morgan fingerprint density at radius 2 is 1.26 bits per heavy atom. The summed E-state index contributed by atoms with van der Waals surface area (Å²) in [6, 6.07) is 8.60. The number of benzene rings is 2. The third-order valence-corrected chi connectivity index (χ3v) is 5.99. The summed E-state index contributed by atoms with van der Waals surface area (Å²) in [4.78, 5) is 25.2. The first kappa shape index (κ1) is 30.9. The van der Waals surface area contributed by atoms with Crippen molar-refractivity contribution in [2.75, 3.05) is 73.1 Å². The zero-order valence-corrected chi connectivity index (χ0v) is 22.7. The van der Waals surface area contributed by atoms with Crippen molar-refractivity contribution in [3.8, 4) is 23.0 Å². The Morgan fingerprint density at radius 3 is 1.68 bits per heavy atom. The highest BCUT2D eigenvalue weighted by Crippen LogP contribution is 2.32. The van der Waals surface area contributed by atoms with Crippen molar-refractivity contribution in [3.05, 3.63) is 56.6 Å². The quantitative estimate of drug-likeness (QED) is 0.153. The Labute approximate surface area is 227 Å². The van der Waals surface area contributed by atoms with Gasteiger partial charge in [-0.05, 0) is 32.0 Å². The topological polar surface area (TPSA) is 130 Å². The van der Waals surface area contributed by atoms with Gasteiger partial charge in [-0.1, -0.05) is 0 Å². The molecular formula is C25H35ClN4O8. The van der Waals surface area contributed by atoms with Gasteiger partial charge in [0.25, 0.3) is 11.4 Å². The van der Waals surface area contributed by atoms with Crippen LogP contribution in [0.3, 0.4) is 0 Å². The number of halogens is 1. The maximum absolute atomic E-state index is 10.8. The molecule has 1 fully saturated rings. The van der Waals surface area contributed by atoms with Gasteiger partial charge in [0.15, 0.2) is 23.0 Å². The third-order valence-electron chi connectivity index (χ3n) is 5.72. The Bertz CT molecular complexity index is 1030. The molecule has 0 radical (unpaired) electrons. The van der Waals surface area contributed by atoms with Crippen LogP contribution in [0.15, 0.2) is 36.4 Å². The summed E-state index contributed by atoms with van der Waals surface area (Å²) in [5, 5.41) is 21.4. The zero-order chi connectivity index (χ0) is 27.9. The van der Waals surface area contributed by atoms with E-state index >= 15 is 0 Å². The number of nitrogens with zero attached hydrogens (tertiary/aromatic N) is 4. The van der Waals surface area contributed by atoms with Gasteiger partial charge in [-0.15, -0.1) is 11.6 Å². The van der Waals surface area contributed by atoms with Crippen LogP contribution in [-0.4, -0.2) is 92.7 Å². The number of likely N-dealkylation sites (N-methyl/N-ethyl adjacent to an activating group) is 1. The first-order valence-corrected chi connectivity index (χ1v) is 12.7. The second-order valence-corrected chi connectivity index (χ2v) is 8.80. The average Bonchev–Trinajstić information content (AvgIpc) is 2.92. The number of ether oxygens (including phenoxy) is 4. The number of nitro groups is 2. The Morgan fingerprint density at radius 1 is 0.789 bits per heavy atom. The van der Waals surface area contributed by atoms with Gasteiger partial charge >= 0.3 is 0 Å². The van der Waals surface area contributed by atoms with Gasteiger partial charge in [-0.2, -0.15) is 0 Å². The molecule has 1 saturated heterocycles. The van der Waals surface area contributed by atoms with Crippen molar-refractivity contribution in [1.29, 1.82) is 0 Å². The normalized spacial score (nSPS) is 13.7. The van der Waals surface area contributed by atoms with Crippen LogP contribution in [-0.2, 0) is 0 Å². The summed E-state index contributed by atoms with van der Waals surface area (Å²) in [7, 11) is 5.14. The number of alkyl halides is 1. The highest BCUT2D eigenvalue weighted by Gasteiger charge is 2.15. The number of methoxy groups -OCH3 is 2. The molecule has 0 saturated carbocycles. The number of hydrogen-bond donors (Lipinski definition) is 0. The fourth-order valence-corrected chi connectivity index (χ4v) is 3.67. The molecule has 0 aliphatic carbocycles. The summed E-state index contributed by atoms with van der Waals surface area (Å²) >= 11 is 5.50. The largest absolute Gasteiger partial charge is 0.493 e. The SMILES string of the molecule is COc1ccc([N+](=O)[O-])cc1OCCCCl.COc1ccc([N+](=O)[O-])cc1OCCCN1CCN(C)CC1. The summed E-state index contributed by atoms with van der Waals surface area (Å²) < 4.78 is 21.2. The molecule has 3 rings (SSSR count). The smallest absolute Gasteiger partial charge is 0.273 e. The molecule has 13 heteroatoms. The number of rotatable bonds is 13. The van der Waals surface area contributed by atoms with Crippen LogP contribution in [0.1, 0.15) is 12.8 Å². The minimum absolute atomic E-state index is 0.00914. The Hall–Kier alpha value is -3.35. The highest BCUT2D eigenvalue weighted by atomic mass is 35.5. The summed E-state index contributed by atoms with van der Waals surface area (Å²) in [5.74, 6) is 2.26. The van der Waals surface area contributed by atoms with E-state index in [1.165, 1.54) is 44.6 Å². The standard InChI is InChI=1S/C15H23N3O4.C10H12ClNO4/c1-16-7-9-17(10-8-16)6-3-11-22-15-12-13(18(19)20)4-5-14(15)21-2;1-15-9-4-3-8(12(13)14)7-10(9)16-6-2-5-11/h4-5,12H,3,6-11H2,1-2H3;3-4,7H,2,5-6H2,1H3. The molecule has 0 bridgehead atoms. The molecule has 1 heterocycles. The molecule has 0 N–H and O–H groups in total. The summed E-state index contributed by atoms with van der Waals surface area (Å²) in [6.45, 7) is 6.25. The lowest BCUT2D eigenvalue weighted by molar-refractivity contribution is -0.385. The zero-order valence-electron chi connectivity index (χ0n) is 22.0. The van der Waals surface area contributed by atoms with Gasteiger partial charge in [0.05, 0.1) is 49.4 Å². The fraction of sp³-hybridized carbons (Fsp3) is 0.520. The van der Waals surface area contributed by atoms with Crippen molar-refractivity contribution in [2.24, 2.45) is 0 Å². The van der Waals surface area contributed by atoms with Gasteiger partial charge < -0.3 is 28.7 Å². The maximum atomic E-state index is 10.8. The molecule has 210 valence electrons. The van der Waals surface area contributed by atoms with Crippen molar-refractivity contribution in [3.63, 3.8) is 0 Å². The van der Waals surface area contributed by atoms with E-state index in [2.05, 4.69) is 16.8 Å². The number of non-ortho nitro benzene ring substituents is 2. The van der Waals surface area contributed by atoms with Crippen LogP contribution >= 0.6 is 11.6 Å². The minimum Gasteiger partial charge on any atom is -0.493 e. The van der Waals surface area contributed by atoms with Crippen LogP contribution in [0.5, 0.6) is 23.0 Å². The van der Waals surface area contributed by atoms with E-state index < -0.39 is 9.85 Å². The van der Waals surface area contributed by atoms with Crippen molar-refractivity contribution < 1.29 is 28.8 Å². The first-order valence-electron chi connectivity index (χ1n) is 12.2. The summed E-state index contributed by atoms with van der Waals surface area (Å²) in [5.41, 5.74) is -0.0171. The highest BCUT2D eigenvalue weighted by molar-refractivity contribution is 6.17. The van der Waals surface area contributed by atoms with E-state index in [1.807, 2.05) is 0 Å². The monoisotopic (exact) mass is 554 g/mol. The van der Waals surface area contributed by atoms with Crippen LogP contribution < -0.4 is 18.9 Å². The second-order valence-electron chi connectivity index (χ2n) is 8.42. The van der Waals surface area contributed by atoms with Crippen LogP contribution in [0, 0.1) is 20.2 Å². The lowest BCUT2D eigenvalue weighted by atomic mass is 10.2. The van der Waals surface area contributed by atoms with Gasteiger partial charge in [0.1, 0.15) is 0 Å².